The minimum Gasteiger partial charge on any atom is -0.465 e. The van der Waals surface area contributed by atoms with E-state index in [9.17, 15) is 18.0 Å². The second kappa shape index (κ2) is 12.7. The van der Waals surface area contributed by atoms with Crippen molar-refractivity contribution in [2.24, 2.45) is 0 Å². The molecule has 0 radical (unpaired) electrons. The zero-order chi connectivity index (χ0) is 31.6. The molecule has 0 N–H and O–H groups in total. The molecule has 0 spiro atoms. The third-order valence-electron chi connectivity index (χ3n) is 7.31. The summed E-state index contributed by atoms with van der Waals surface area (Å²) in [6.07, 6.45) is 1.48. The van der Waals surface area contributed by atoms with Crippen LogP contribution < -0.4 is 4.90 Å². The van der Waals surface area contributed by atoms with Crippen molar-refractivity contribution in [1.82, 2.24) is 4.31 Å². The molecule has 5 rings (SSSR count). The fraction of sp³-hybridized carbons (Fsp3) is 0.176. The van der Waals surface area contributed by atoms with E-state index >= 15 is 0 Å². The number of methoxy groups -OCH3 is 1. The summed E-state index contributed by atoms with van der Waals surface area (Å²) in [7, 11) is -2.69. The van der Waals surface area contributed by atoms with Gasteiger partial charge >= 0.3 is 5.97 Å². The van der Waals surface area contributed by atoms with E-state index in [0.717, 1.165) is 16.7 Å². The molecule has 0 bridgehead atoms. The zero-order valence-corrected chi connectivity index (χ0v) is 26.3. The molecule has 1 amide bonds. The van der Waals surface area contributed by atoms with Crippen LogP contribution in [0.3, 0.4) is 0 Å². The summed E-state index contributed by atoms with van der Waals surface area (Å²) in [4.78, 5) is 28.0. The average molecular weight is 631 g/mol. The highest BCUT2D eigenvalue weighted by Gasteiger charge is 2.38. The first kappa shape index (κ1) is 31.0. The number of carbonyl (C=O) groups is 2. The molecule has 0 saturated heterocycles. The lowest BCUT2D eigenvalue weighted by molar-refractivity contribution is -0.136. The van der Waals surface area contributed by atoms with Gasteiger partial charge in [-0.25, -0.2) is 13.2 Å². The quantitative estimate of drug-likeness (QED) is 0.149. The number of sulfonamides is 1. The van der Waals surface area contributed by atoms with Gasteiger partial charge in [-0.2, -0.15) is 4.31 Å². The Morgan fingerprint density at radius 2 is 1.50 bits per heavy atom. The predicted molar refractivity (Wildman–Crippen MR) is 169 cm³/mol. The molecule has 2 heterocycles. The van der Waals surface area contributed by atoms with E-state index in [1.807, 2.05) is 62.4 Å². The highest BCUT2D eigenvalue weighted by Crippen LogP contribution is 2.36. The van der Waals surface area contributed by atoms with Crippen molar-refractivity contribution in [1.29, 1.82) is 0 Å². The van der Waals surface area contributed by atoms with Gasteiger partial charge in [-0.1, -0.05) is 59.1 Å². The number of esters is 1. The number of anilines is 1. The third kappa shape index (κ3) is 6.40. The summed E-state index contributed by atoms with van der Waals surface area (Å²) in [5.74, 6) is -0.428. The van der Waals surface area contributed by atoms with Gasteiger partial charge in [-0.15, -0.1) is 0 Å². The molecule has 1 aromatic heterocycles. The third-order valence-corrected chi connectivity index (χ3v) is 9.37. The Kier molecular flexibility index (Phi) is 8.92. The monoisotopic (exact) mass is 630 g/mol. The van der Waals surface area contributed by atoms with Crippen molar-refractivity contribution in [3.8, 4) is 0 Å². The molecule has 0 fully saturated rings. The zero-order valence-electron chi connectivity index (χ0n) is 24.7. The van der Waals surface area contributed by atoms with Crippen molar-refractivity contribution in [2.75, 3.05) is 12.0 Å². The van der Waals surface area contributed by atoms with Crippen LogP contribution in [0.15, 0.2) is 111 Å². The number of benzene rings is 3. The van der Waals surface area contributed by atoms with Gasteiger partial charge in [0.05, 0.1) is 29.7 Å². The van der Waals surface area contributed by atoms with Crippen molar-refractivity contribution in [3.63, 3.8) is 0 Å². The van der Waals surface area contributed by atoms with Crippen LogP contribution in [-0.4, -0.2) is 31.7 Å². The molecule has 3 aromatic carbocycles. The van der Waals surface area contributed by atoms with Crippen LogP contribution in [-0.2, 0) is 37.4 Å². The Morgan fingerprint density at radius 1 is 0.886 bits per heavy atom. The number of furan rings is 1. The number of rotatable bonds is 9. The van der Waals surface area contributed by atoms with Gasteiger partial charge in [0.15, 0.2) is 0 Å². The number of hydrogen-bond acceptors (Lipinski definition) is 6. The number of amides is 1. The summed E-state index contributed by atoms with van der Waals surface area (Å²) >= 11 is 6.01. The van der Waals surface area contributed by atoms with E-state index in [1.54, 1.807) is 19.1 Å². The van der Waals surface area contributed by atoms with Crippen LogP contribution in [0.25, 0.3) is 6.08 Å². The smallest absolute Gasteiger partial charge is 0.340 e. The number of aryl methyl sites for hydroxylation is 2. The number of allylic oxidation sites excluding steroid dienone is 1. The standard InChI is InChI=1S/C34H31ClN2O6S/c1-22-5-9-25(10-6-22)20-36(44(40,41)30-17-11-26(35)12-18-30)21-29-16-15-28(43-29)19-31-32(34(39)42-4)24(3)37(33(31)38)27-13-7-23(2)8-14-27/h5-19H,20-21H2,1-4H3/b31-19+. The topological polar surface area (TPSA) is 97.1 Å². The van der Waals surface area contributed by atoms with Crippen LogP contribution in [0.4, 0.5) is 5.69 Å². The molecule has 8 nitrogen and oxygen atoms in total. The van der Waals surface area contributed by atoms with E-state index in [2.05, 4.69) is 0 Å². The van der Waals surface area contributed by atoms with Crippen LogP contribution >= 0.6 is 11.6 Å². The van der Waals surface area contributed by atoms with Gasteiger partial charge < -0.3 is 9.15 Å². The molecule has 0 aliphatic carbocycles. The molecule has 0 unspecified atom stereocenters. The van der Waals surface area contributed by atoms with E-state index in [0.29, 0.717) is 22.2 Å². The number of nitrogens with zero attached hydrogens (tertiary/aromatic N) is 2. The Balaban J connectivity index is 1.48. The Morgan fingerprint density at radius 3 is 2.11 bits per heavy atom. The second-order valence-electron chi connectivity index (χ2n) is 10.5. The van der Waals surface area contributed by atoms with Gasteiger partial charge in [0.25, 0.3) is 5.91 Å². The molecule has 4 aromatic rings. The van der Waals surface area contributed by atoms with Gasteiger partial charge in [-0.05, 0) is 80.9 Å². The first-order valence-electron chi connectivity index (χ1n) is 13.8. The van der Waals surface area contributed by atoms with Crippen LogP contribution in [0, 0.1) is 13.8 Å². The van der Waals surface area contributed by atoms with E-state index in [-0.39, 0.29) is 34.9 Å². The molecular weight excluding hydrogens is 600 g/mol. The summed E-state index contributed by atoms with van der Waals surface area (Å²) < 4.78 is 39.9. The lowest BCUT2D eigenvalue weighted by Gasteiger charge is -2.21. The molecule has 44 heavy (non-hydrogen) atoms. The summed E-state index contributed by atoms with van der Waals surface area (Å²) in [5, 5.41) is 0.427. The van der Waals surface area contributed by atoms with E-state index < -0.39 is 21.9 Å². The van der Waals surface area contributed by atoms with Gasteiger partial charge in [-0.3, -0.25) is 9.69 Å². The normalized spacial score (nSPS) is 14.6. The van der Waals surface area contributed by atoms with Gasteiger partial charge in [0.1, 0.15) is 11.5 Å². The molecule has 1 aliphatic heterocycles. The second-order valence-corrected chi connectivity index (χ2v) is 12.9. The highest BCUT2D eigenvalue weighted by molar-refractivity contribution is 7.89. The summed E-state index contributed by atoms with van der Waals surface area (Å²) in [5.41, 5.74) is 4.18. The lowest BCUT2D eigenvalue weighted by Crippen LogP contribution is -2.30. The maximum Gasteiger partial charge on any atom is 0.340 e. The Hall–Kier alpha value is -4.44. The largest absolute Gasteiger partial charge is 0.465 e. The van der Waals surface area contributed by atoms with Crippen LogP contribution in [0.1, 0.15) is 35.1 Å². The molecule has 0 saturated carbocycles. The fourth-order valence-electron chi connectivity index (χ4n) is 4.94. The molecule has 226 valence electrons. The highest BCUT2D eigenvalue weighted by atomic mass is 35.5. The summed E-state index contributed by atoms with van der Waals surface area (Å²) in [6.45, 7) is 5.61. The molecule has 0 atom stereocenters. The van der Waals surface area contributed by atoms with Crippen molar-refractivity contribution in [3.05, 3.63) is 135 Å². The minimum atomic E-state index is -3.95. The minimum absolute atomic E-state index is 0.0792. The lowest BCUT2D eigenvalue weighted by atomic mass is 10.1. The number of halogens is 1. The van der Waals surface area contributed by atoms with Crippen molar-refractivity contribution >= 4 is 45.3 Å². The van der Waals surface area contributed by atoms with Crippen molar-refractivity contribution in [2.45, 2.75) is 38.8 Å². The van der Waals surface area contributed by atoms with Crippen LogP contribution in [0.5, 0.6) is 0 Å². The van der Waals surface area contributed by atoms with Crippen LogP contribution in [0.2, 0.25) is 5.02 Å². The maximum absolute atomic E-state index is 13.7. The Labute approximate surface area is 261 Å². The Bertz CT molecular complexity index is 1870. The summed E-state index contributed by atoms with van der Waals surface area (Å²) in [6, 6.07) is 24.3. The first-order valence-corrected chi connectivity index (χ1v) is 15.6. The van der Waals surface area contributed by atoms with E-state index in [4.69, 9.17) is 20.8 Å². The SMILES string of the molecule is COC(=O)C1=C(C)N(c2ccc(C)cc2)C(=O)/C1=C/c1ccc(CN(Cc2ccc(C)cc2)S(=O)(=O)c2ccc(Cl)cc2)o1. The average Bonchev–Trinajstić information content (AvgIpc) is 3.55. The molecular formula is C34H31ClN2O6S. The molecule has 10 heteroatoms. The van der Waals surface area contributed by atoms with Crippen molar-refractivity contribution < 1.29 is 27.2 Å². The fourth-order valence-corrected chi connectivity index (χ4v) is 6.46. The number of ether oxygens (including phenoxy) is 1. The maximum atomic E-state index is 13.7. The van der Waals surface area contributed by atoms with Gasteiger partial charge in [0, 0.05) is 23.0 Å². The van der Waals surface area contributed by atoms with Gasteiger partial charge in [0.2, 0.25) is 10.0 Å². The van der Waals surface area contributed by atoms with E-state index in [1.165, 1.54) is 46.7 Å². The number of carbonyl (C=O) groups excluding carboxylic acids is 2. The first-order chi connectivity index (χ1) is 21.0. The number of hydrogen-bond donors (Lipinski definition) is 0. The molecule has 1 aliphatic rings. The predicted octanol–water partition coefficient (Wildman–Crippen LogP) is 6.82.